The zero-order chi connectivity index (χ0) is 21.6. The minimum Gasteiger partial charge on any atom is -0.352 e. The van der Waals surface area contributed by atoms with E-state index in [1.54, 1.807) is 0 Å². The Hall–Kier alpha value is -2.34. The summed E-state index contributed by atoms with van der Waals surface area (Å²) in [5.41, 5.74) is 3.55. The van der Waals surface area contributed by atoms with Gasteiger partial charge in [-0.15, -0.1) is 0 Å². The maximum atomic E-state index is 13.0. The molecule has 1 N–H and O–H groups in total. The fourth-order valence-electron chi connectivity index (χ4n) is 3.43. The summed E-state index contributed by atoms with van der Waals surface area (Å²) in [4.78, 5) is 13.0. The van der Waals surface area contributed by atoms with Gasteiger partial charge >= 0.3 is 0 Å². The van der Waals surface area contributed by atoms with E-state index in [0.29, 0.717) is 12.1 Å². The Bertz CT molecular complexity index is 926. The Morgan fingerprint density at radius 3 is 2.34 bits per heavy atom. The molecule has 0 saturated carbocycles. The Kier molecular flexibility index (Phi) is 7.85. The second-order valence-electron chi connectivity index (χ2n) is 7.71. The van der Waals surface area contributed by atoms with Gasteiger partial charge in [0.05, 0.1) is 11.9 Å². The zero-order valence-electron chi connectivity index (χ0n) is 18.0. The molecule has 2 aromatic carbocycles. The average molecular weight is 417 g/mol. The van der Waals surface area contributed by atoms with Crippen molar-refractivity contribution in [2.45, 2.75) is 59.0 Å². The van der Waals surface area contributed by atoms with Gasteiger partial charge in [-0.2, -0.15) is 0 Å². The third-order valence-electron chi connectivity index (χ3n) is 5.03. The Balaban J connectivity index is 2.19. The van der Waals surface area contributed by atoms with Crippen molar-refractivity contribution in [2.24, 2.45) is 0 Å². The van der Waals surface area contributed by atoms with Gasteiger partial charge in [0, 0.05) is 6.04 Å². The highest BCUT2D eigenvalue weighted by Gasteiger charge is 2.32. The molecule has 0 aliphatic heterocycles. The highest BCUT2D eigenvalue weighted by molar-refractivity contribution is 7.92. The maximum Gasteiger partial charge on any atom is 0.244 e. The van der Waals surface area contributed by atoms with Gasteiger partial charge in [-0.05, 0) is 62.8 Å². The van der Waals surface area contributed by atoms with Crippen LogP contribution in [0.2, 0.25) is 0 Å². The molecule has 2 aromatic rings. The van der Waals surface area contributed by atoms with E-state index in [0.717, 1.165) is 30.2 Å². The molecule has 2 rings (SSSR count). The molecule has 0 aliphatic carbocycles. The average Bonchev–Trinajstić information content (AvgIpc) is 2.66. The van der Waals surface area contributed by atoms with Gasteiger partial charge in [0.15, 0.2) is 0 Å². The van der Waals surface area contributed by atoms with E-state index in [9.17, 15) is 13.2 Å². The second kappa shape index (κ2) is 9.92. The summed E-state index contributed by atoms with van der Waals surface area (Å²) in [5.74, 6) is -0.264. The predicted molar refractivity (Wildman–Crippen MR) is 120 cm³/mol. The molecule has 0 aromatic heterocycles. The summed E-state index contributed by atoms with van der Waals surface area (Å²) in [6.07, 6.45) is 3.18. The summed E-state index contributed by atoms with van der Waals surface area (Å²) in [7, 11) is -3.63. The van der Waals surface area contributed by atoms with Crippen molar-refractivity contribution in [1.29, 1.82) is 0 Å². The summed E-state index contributed by atoms with van der Waals surface area (Å²) < 4.78 is 26.6. The first kappa shape index (κ1) is 22.9. The molecular formula is C23H32N2O3S. The number of hydrogen-bond acceptors (Lipinski definition) is 3. The summed E-state index contributed by atoms with van der Waals surface area (Å²) >= 11 is 0. The van der Waals surface area contributed by atoms with Crippen molar-refractivity contribution in [2.75, 3.05) is 10.6 Å². The van der Waals surface area contributed by atoms with Gasteiger partial charge < -0.3 is 5.32 Å². The van der Waals surface area contributed by atoms with E-state index in [4.69, 9.17) is 0 Å². The van der Waals surface area contributed by atoms with Crippen LogP contribution in [0, 0.1) is 13.8 Å². The van der Waals surface area contributed by atoms with Crippen LogP contribution >= 0.6 is 0 Å². The number of aryl methyl sites for hydroxylation is 3. The monoisotopic (exact) mass is 416 g/mol. The summed E-state index contributed by atoms with van der Waals surface area (Å²) in [6, 6.07) is 14.9. The lowest BCUT2D eigenvalue weighted by Crippen LogP contribution is -2.51. The van der Waals surface area contributed by atoms with Gasteiger partial charge in [-0.1, -0.05) is 49.4 Å². The Labute approximate surface area is 175 Å². The van der Waals surface area contributed by atoms with E-state index in [1.165, 1.54) is 9.87 Å². The highest BCUT2D eigenvalue weighted by Crippen LogP contribution is 2.27. The van der Waals surface area contributed by atoms with Crippen LogP contribution in [0.3, 0.4) is 0 Å². The van der Waals surface area contributed by atoms with Crippen molar-refractivity contribution in [1.82, 2.24) is 5.32 Å². The first-order valence-corrected chi connectivity index (χ1v) is 11.9. The molecule has 1 amide bonds. The van der Waals surface area contributed by atoms with Crippen LogP contribution in [0.4, 0.5) is 5.69 Å². The Morgan fingerprint density at radius 2 is 1.76 bits per heavy atom. The standard InChI is InChI=1S/C23H32N2O3S/c1-6-21(23(26)24-19(4)14-15-20-10-8-7-9-11-20)25(29(5,27)28)22-16-17(2)12-13-18(22)3/h7-13,16,19,21H,6,14-15H2,1-5H3,(H,24,26). The van der Waals surface area contributed by atoms with Crippen molar-refractivity contribution < 1.29 is 13.2 Å². The molecule has 0 fully saturated rings. The quantitative estimate of drug-likeness (QED) is 0.672. The number of amides is 1. The minimum atomic E-state index is -3.63. The molecule has 5 nitrogen and oxygen atoms in total. The zero-order valence-corrected chi connectivity index (χ0v) is 18.8. The number of sulfonamides is 1. The van der Waals surface area contributed by atoms with Crippen LogP contribution in [0.15, 0.2) is 48.5 Å². The van der Waals surface area contributed by atoms with Crippen LogP contribution in [0.1, 0.15) is 43.4 Å². The fourth-order valence-corrected chi connectivity index (χ4v) is 4.69. The molecule has 2 unspecified atom stereocenters. The normalized spacial score (nSPS) is 13.6. The van der Waals surface area contributed by atoms with Crippen molar-refractivity contribution in [3.63, 3.8) is 0 Å². The molecule has 29 heavy (non-hydrogen) atoms. The van der Waals surface area contributed by atoms with Gasteiger partial charge in [0.25, 0.3) is 0 Å². The predicted octanol–water partition coefficient (Wildman–Crippen LogP) is 3.99. The largest absolute Gasteiger partial charge is 0.352 e. The van der Waals surface area contributed by atoms with E-state index in [-0.39, 0.29) is 11.9 Å². The fraction of sp³-hybridized carbons (Fsp3) is 0.435. The number of carbonyl (C=O) groups is 1. The molecular weight excluding hydrogens is 384 g/mol. The van der Waals surface area contributed by atoms with Gasteiger partial charge in [0.1, 0.15) is 6.04 Å². The molecule has 0 aliphatic rings. The third-order valence-corrected chi connectivity index (χ3v) is 6.20. The molecule has 2 atom stereocenters. The number of rotatable bonds is 9. The first-order chi connectivity index (χ1) is 13.6. The van der Waals surface area contributed by atoms with Crippen LogP contribution in [0.25, 0.3) is 0 Å². The molecule has 0 spiro atoms. The molecule has 0 saturated heterocycles. The van der Waals surface area contributed by atoms with Crippen LogP contribution in [-0.4, -0.2) is 32.7 Å². The molecule has 0 bridgehead atoms. The van der Waals surface area contributed by atoms with E-state index in [2.05, 4.69) is 17.4 Å². The molecule has 0 heterocycles. The number of nitrogens with one attached hydrogen (secondary N) is 1. The van der Waals surface area contributed by atoms with Gasteiger partial charge in [-0.25, -0.2) is 8.42 Å². The summed E-state index contributed by atoms with van der Waals surface area (Å²) in [5, 5.41) is 3.01. The summed E-state index contributed by atoms with van der Waals surface area (Å²) in [6.45, 7) is 7.56. The number of anilines is 1. The lowest BCUT2D eigenvalue weighted by Gasteiger charge is -2.32. The van der Waals surface area contributed by atoms with Crippen molar-refractivity contribution in [3.8, 4) is 0 Å². The van der Waals surface area contributed by atoms with Gasteiger partial charge in [0.2, 0.25) is 15.9 Å². The topological polar surface area (TPSA) is 66.5 Å². The molecule has 6 heteroatoms. The first-order valence-electron chi connectivity index (χ1n) is 10.0. The van der Waals surface area contributed by atoms with Crippen molar-refractivity contribution in [3.05, 3.63) is 65.2 Å². The lowest BCUT2D eigenvalue weighted by molar-refractivity contribution is -0.122. The number of benzene rings is 2. The molecule has 0 radical (unpaired) electrons. The number of carbonyl (C=O) groups excluding carboxylic acids is 1. The van der Waals surface area contributed by atoms with Crippen LogP contribution in [-0.2, 0) is 21.2 Å². The SMILES string of the molecule is CCC(C(=O)NC(C)CCc1ccccc1)N(c1cc(C)ccc1C)S(C)(=O)=O. The van der Waals surface area contributed by atoms with Crippen LogP contribution < -0.4 is 9.62 Å². The third kappa shape index (κ3) is 6.32. The minimum absolute atomic E-state index is 0.0585. The highest BCUT2D eigenvalue weighted by atomic mass is 32.2. The smallest absolute Gasteiger partial charge is 0.244 e. The van der Waals surface area contributed by atoms with E-state index < -0.39 is 16.1 Å². The maximum absolute atomic E-state index is 13.0. The van der Waals surface area contributed by atoms with Crippen molar-refractivity contribution >= 4 is 21.6 Å². The van der Waals surface area contributed by atoms with E-state index in [1.807, 2.05) is 64.1 Å². The molecule has 158 valence electrons. The van der Waals surface area contributed by atoms with Crippen LogP contribution in [0.5, 0.6) is 0 Å². The second-order valence-corrected chi connectivity index (χ2v) is 9.57. The lowest BCUT2D eigenvalue weighted by atomic mass is 10.1. The Morgan fingerprint density at radius 1 is 1.10 bits per heavy atom. The van der Waals surface area contributed by atoms with Gasteiger partial charge in [-0.3, -0.25) is 9.10 Å². The van der Waals surface area contributed by atoms with E-state index >= 15 is 0 Å². The number of hydrogen-bond donors (Lipinski definition) is 1. The number of nitrogens with zero attached hydrogens (tertiary/aromatic N) is 1.